The Morgan fingerprint density at radius 3 is 2.43 bits per heavy atom. The van der Waals surface area contributed by atoms with Gasteiger partial charge in [0.1, 0.15) is 5.75 Å². The summed E-state index contributed by atoms with van der Waals surface area (Å²) in [5.74, 6) is 1.30. The molecule has 0 radical (unpaired) electrons. The number of nitrogens with two attached hydrogens (primary N) is 1. The second-order valence-electron chi connectivity index (χ2n) is 5.41. The minimum Gasteiger partial charge on any atom is -0.494 e. The molecule has 0 unspecified atom stereocenters. The average molecular weight is 310 g/mol. The van der Waals surface area contributed by atoms with E-state index in [-0.39, 0.29) is 18.0 Å². The number of rotatable bonds is 7. The highest BCUT2D eigenvalue weighted by atomic mass is 32.2. The lowest BCUT2D eigenvalue weighted by molar-refractivity contribution is -0.131. The minimum atomic E-state index is 0.131. The third-order valence-electron chi connectivity index (χ3n) is 3.05. The van der Waals surface area contributed by atoms with E-state index >= 15 is 0 Å². The van der Waals surface area contributed by atoms with Crippen LogP contribution < -0.4 is 10.5 Å². The zero-order valence-electron chi connectivity index (χ0n) is 13.6. The molecule has 21 heavy (non-hydrogen) atoms. The lowest BCUT2D eigenvalue weighted by atomic mass is 10.2. The highest BCUT2D eigenvalue weighted by Crippen LogP contribution is 2.29. The van der Waals surface area contributed by atoms with Gasteiger partial charge in [-0.05, 0) is 52.8 Å². The fourth-order valence-electron chi connectivity index (χ4n) is 2.28. The van der Waals surface area contributed by atoms with Crippen LogP contribution in [0.1, 0.15) is 34.6 Å². The van der Waals surface area contributed by atoms with E-state index in [1.807, 2.05) is 57.7 Å². The second kappa shape index (κ2) is 8.17. The molecule has 2 N–H and O–H groups in total. The molecule has 1 aromatic carbocycles. The number of benzene rings is 1. The van der Waals surface area contributed by atoms with Crippen molar-refractivity contribution in [3.8, 4) is 5.75 Å². The van der Waals surface area contributed by atoms with Gasteiger partial charge in [-0.1, -0.05) is 0 Å². The normalized spacial score (nSPS) is 11.0. The van der Waals surface area contributed by atoms with Gasteiger partial charge in [0.2, 0.25) is 5.91 Å². The van der Waals surface area contributed by atoms with Crippen molar-refractivity contribution in [3.63, 3.8) is 0 Å². The summed E-state index contributed by atoms with van der Waals surface area (Å²) in [6.45, 7) is 10.7. The maximum atomic E-state index is 12.4. The summed E-state index contributed by atoms with van der Waals surface area (Å²) in [4.78, 5) is 15.1. The Balaban J connectivity index is 2.74. The summed E-state index contributed by atoms with van der Waals surface area (Å²) < 4.78 is 5.47. The van der Waals surface area contributed by atoms with Crippen LogP contribution in [0.25, 0.3) is 0 Å². The molecule has 0 aliphatic carbocycles. The highest BCUT2D eigenvalue weighted by Gasteiger charge is 2.20. The summed E-state index contributed by atoms with van der Waals surface area (Å²) in [6, 6.07) is 5.96. The molecule has 0 aliphatic heterocycles. The van der Waals surface area contributed by atoms with Gasteiger partial charge in [-0.3, -0.25) is 4.79 Å². The van der Waals surface area contributed by atoms with Gasteiger partial charge in [0.25, 0.3) is 0 Å². The number of hydrogen-bond acceptors (Lipinski definition) is 4. The molecule has 4 nitrogen and oxygen atoms in total. The molecule has 0 saturated carbocycles. The van der Waals surface area contributed by atoms with Crippen molar-refractivity contribution < 1.29 is 9.53 Å². The summed E-state index contributed by atoms with van der Waals surface area (Å²) in [7, 11) is 0. The number of nitrogen functional groups attached to an aromatic ring is 1. The molecule has 0 heterocycles. The van der Waals surface area contributed by atoms with Gasteiger partial charge in [0, 0.05) is 22.7 Å². The number of carbonyl (C=O) groups excluding carboxylic acids is 1. The standard InChI is InChI=1S/C16H26N2O2S/c1-6-20-13-7-8-14(17)15(9-13)21-10-16(19)18(11(2)3)12(4)5/h7-9,11-12H,6,10,17H2,1-5H3. The highest BCUT2D eigenvalue weighted by molar-refractivity contribution is 8.00. The Morgan fingerprint density at radius 1 is 1.29 bits per heavy atom. The van der Waals surface area contributed by atoms with Crippen LogP contribution in [0.3, 0.4) is 0 Å². The van der Waals surface area contributed by atoms with E-state index in [1.165, 1.54) is 11.8 Å². The van der Waals surface area contributed by atoms with Crippen LogP contribution in [0.15, 0.2) is 23.1 Å². The zero-order valence-corrected chi connectivity index (χ0v) is 14.4. The predicted octanol–water partition coefficient (Wildman–Crippen LogP) is 3.41. The average Bonchev–Trinajstić information content (AvgIpc) is 2.38. The number of anilines is 1. The van der Waals surface area contributed by atoms with Crippen LogP contribution in [0.5, 0.6) is 5.75 Å². The lowest BCUT2D eigenvalue weighted by Crippen LogP contribution is -2.43. The predicted molar refractivity (Wildman–Crippen MR) is 89.9 cm³/mol. The summed E-state index contributed by atoms with van der Waals surface area (Å²) >= 11 is 1.46. The Labute approximate surface area is 132 Å². The third kappa shape index (κ3) is 5.16. The molecule has 0 fully saturated rings. The molecule has 1 aromatic rings. The monoisotopic (exact) mass is 310 g/mol. The Morgan fingerprint density at radius 2 is 1.90 bits per heavy atom. The van der Waals surface area contributed by atoms with Crippen LogP contribution in [0.2, 0.25) is 0 Å². The molecule has 0 saturated heterocycles. The molecule has 0 bridgehead atoms. The summed E-state index contributed by atoms with van der Waals surface area (Å²) in [6.07, 6.45) is 0. The van der Waals surface area contributed by atoms with Gasteiger partial charge in [0.05, 0.1) is 12.4 Å². The van der Waals surface area contributed by atoms with E-state index in [0.29, 0.717) is 18.0 Å². The first kappa shape index (κ1) is 17.7. The van der Waals surface area contributed by atoms with Crippen LogP contribution in [-0.4, -0.2) is 35.3 Å². The number of hydrogen-bond donors (Lipinski definition) is 1. The Kier molecular flexibility index (Phi) is 6.89. The summed E-state index contributed by atoms with van der Waals surface area (Å²) in [5, 5.41) is 0. The first-order valence-corrected chi connectivity index (χ1v) is 8.31. The van der Waals surface area contributed by atoms with E-state index in [2.05, 4.69) is 0 Å². The Hall–Kier alpha value is -1.36. The molecular weight excluding hydrogens is 284 g/mol. The minimum absolute atomic E-state index is 0.131. The number of amides is 1. The van der Waals surface area contributed by atoms with Crippen molar-refractivity contribution in [1.29, 1.82) is 0 Å². The van der Waals surface area contributed by atoms with Gasteiger partial charge in [-0.2, -0.15) is 0 Å². The molecule has 5 heteroatoms. The van der Waals surface area contributed by atoms with Crippen molar-refractivity contribution in [3.05, 3.63) is 18.2 Å². The van der Waals surface area contributed by atoms with E-state index in [0.717, 1.165) is 10.6 Å². The molecule has 0 aliphatic rings. The van der Waals surface area contributed by atoms with Gasteiger partial charge in [-0.25, -0.2) is 0 Å². The first-order chi connectivity index (χ1) is 9.86. The van der Waals surface area contributed by atoms with E-state index < -0.39 is 0 Å². The first-order valence-electron chi connectivity index (χ1n) is 7.33. The van der Waals surface area contributed by atoms with Crippen molar-refractivity contribution in [2.24, 2.45) is 0 Å². The summed E-state index contributed by atoms with van der Waals surface area (Å²) in [5.41, 5.74) is 6.64. The van der Waals surface area contributed by atoms with E-state index in [9.17, 15) is 4.79 Å². The SMILES string of the molecule is CCOc1ccc(N)c(SCC(=O)N(C(C)C)C(C)C)c1. The maximum Gasteiger partial charge on any atom is 0.233 e. The van der Waals surface area contributed by atoms with Crippen LogP contribution in [-0.2, 0) is 4.79 Å². The number of nitrogens with zero attached hydrogens (tertiary/aromatic N) is 1. The van der Waals surface area contributed by atoms with Crippen LogP contribution in [0.4, 0.5) is 5.69 Å². The smallest absolute Gasteiger partial charge is 0.233 e. The van der Waals surface area contributed by atoms with Crippen LogP contribution in [0, 0.1) is 0 Å². The zero-order chi connectivity index (χ0) is 16.0. The number of carbonyl (C=O) groups is 1. The molecule has 1 amide bonds. The van der Waals surface area contributed by atoms with Crippen molar-refractivity contribution >= 4 is 23.4 Å². The van der Waals surface area contributed by atoms with Crippen molar-refractivity contribution in [2.75, 3.05) is 18.1 Å². The fraction of sp³-hybridized carbons (Fsp3) is 0.562. The number of ether oxygens (including phenoxy) is 1. The van der Waals surface area contributed by atoms with Gasteiger partial charge < -0.3 is 15.4 Å². The van der Waals surface area contributed by atoms with Crippen molar-refractivity contribution in [2.45, 2.75) is 51.6 Å². The molecule has 1 rings (SSSR count). The molecule has 0 spiro atoms. The molecule has 118 valence electrons. The molecule has 0 aromatic heterocycles. The molecular formula is C16H26N2O2S. The van der Waals surface area contributed by atoms with Gasteiger partial charge >= 0.3 is 0 Å². The second-order valence-corrected chi connectivity index (χ2v) is 6.43. The maximum absolute atomic E-state index is 12.4. The van der Waals surface area contributed by atoms with Gasteiger partial charge in [0.15, 0.2) is 0 Å². The number of thioether (sulfide) groups is 1. The largest absolute Gasteiger partial charge is 0.494 e. The van der Waals surface area contributed by atoms with Crippen LogP contribution >= 0.6 is 11.8 Å². The third-order valence-corrected chi connectivity index (χ3v) is 4.10. The van der Waals surface area contributed by atoms with Gasteiger partial charge in [-0.15, -0.1) is 11.8 Å². The molecule has 0 atom stereocenters. The van der Waals surface area contributed by atoms with E-state index in [1.54, 1.807) is 0 Å². The quantitative estimate of drug-likeness (QED) is 0.619. The topological polar surface area (TPSA) is 55.6 Å². The Bertz CT molecular complexity index is 467. The van der Waals surface area contributed by atoms with E-state index in [4.69, 9.17) is 10.5 Å². The van der Waals surface area contributed by atoms with Crippen molar-refractivity contribution in [1.82, 2.24) is 4.90 Å². The fourth-order valence-corrected chi connectivity index (χ4v) is 3.14. The lowest BCUT2D eigenvalue weighted by Gasteiger charge is -2.30.